The van der Waals surface area contributed by atoms with E-state index in [0.29, 0.717) is 42.8 Å². The van der Waals surface area contributed by atoms with E-state index < -0.39 is 6.04 Å². The Balaban J connectivity index is 1.66. The fourth-order valence-corrected chi connectivity index (χ4v) is 3.15. The third-order valence-corrected chi connectivity index (χ3v) is 4.48. The van der Waals surface area contributed by atoms with E-state index in [0.717, 1.165) is 10.9 Å². The van der Waals surface area contributed by atoms with Crippen molar-refractivity contribution in [1.29, 1.82) is 0 Å². The minimum absolute atomic E-state index is 0.204. The van der Waals surface area contributed by atoms with Crippen LogP contribution in [0.2, 0.25) is 0 Å². The molecule has 26 heavy (non-hydrogen) atoms. The van der Waals surface area contributed by atoms with Crippen LogP contribution in [0.25, 0.3) is 11.0 Å². The lowest BCUT2D eigenvalue weighted by atomic mass is 10.1. The molecule has 1 amide bonds. The first-order valence-electron chi connectivity index (χ1n) is 8.37. The third kappa shape index (κ3) is 2.87. The zero-order valence-electron chi connectivity index (χ0n) is 14.6. The van der Waals surface area contributed by atoms with Gasteiger partial charge >= 0.3 is 0 Å². The van der Waals surface area contributed by atoms with Crippen molar-refractivity contribution in [3.8, 4) is 0 Å². The number of nitrogens with zero attached hydrogens (tertiary/aromatic N) is 3. The largest absolute Gasteiger partial charge is 0.451 e. The fraction of sp³-hybridized carbons (Fsp3) is 0.389. The topological polar surface area (TPSA) is 90.8 Å². The van der Waals surface area contributed by atoms with E-state index in [1.165, 1.54) is 0 Å². The number of hydrogen-bond acceptors (Lipinski definition) is 7. The van der Waals surface area contributed by atoms with Gasteiger partial charge in [-0.15, -0.1) is 0 Å². The van der Waals surface area contributed by atoms with Crippen molar-refractivity contribution in [3.63, 3.8) is 0 Å². The number of aryl methyl sites for hydroxylation is 1. The fourth-order valence-electron chi connectivity index (χ4n) is 3.15. The molecule has 4 rings (SSSR count). The second kappa shape index (κ2) is 6.89. The Morgan fingerprint density at radius 3 is 3.04 bits per heavy atom. The predicted octanol–water partition coefficient (Wildman–Crippen LogP) is 2.48. The summed E-state index contributed by atoms with van der Waals surface area (Å²) in [5.41, 5.74) is 1.52. The highest BCUT2D eigenvalue weighted by Gasteiger charge is 2.35. The van der Waals surface area contributed by atoms with Crippen molar-refractivity contribution in [1.82, 2.24) is 15.0 Å². The molecule has 1 aromatic carbocycles. The number of carbonyl (C=O) groups is 1. The number of aromatic nitrogens is 2. The van der Waals surface area contributed by atoms with Crippen molar-refractivity contribution in [2.24, 2.45) is 0 Å². The number of hydrogen-bond donors (Lipinski definition) is 0. The quantitative estimate of drug-likeness (QED) is 0.708. The van der Waals surface area contributed by atoms with Crippen molar-refractivity contribution >= 4 is 16.9 Å². The number of para-hydroxylation sites is 1. The molecule has 3 heterocycles. The van der Waals surface area contributed by atoms with Gasteiger partial charge in [-0.1, -0.05) is 23.4 Å². The van der Waals surface area contributed by atoms with Gasteiger partial charge in [0.2, 0.25) is 0 Å². The van der Waals surface area contributed by atoms with Gasteiger partial charge in [-0.2, -0.15) is 4.98 Å². The Bertz CT molecular complexity index is 932. The van der Waals surface area contributed by atoms with Crippen LogP contribution in [0, 0.1) is 6.92 Å². The molecule has 1 fully saturated rings. The number of morpholine rings is 1. The minimum atomic E-state index is -0.432. The third-order valence-electron chi connectivity index (χ3n) is 4.48. The van der Waals surface area contributed by atoms with Crippen LogP contribution < -0.4 is 0 Å². The van der Waals surface area contributed by atoms with Crippen LogP contribution in [-0.4, -0.2) is 47.8 Å². The van der Waals surface area contributed by atoms with Crippen LogP contribution in [0.5, 0.6) is 0 Å². The van der Waals surface area contributed by atoms with Crippen LogP contribution in [0.15, 0.2) is 33.2 Å². The van der Waals surface area contributed by atoms with Crippen molar-refractivity contribution in [3.05, 3.63) is 47.3 Å². The number of methoxy groups -OCH3 is 1. The number of fused-ring (bicyclic) bond motifs is 1. The van der Waals surface area contributed by atoms with E-state index in [-0.39, 0.29) is 12.5 Å². The molecule has 1 unspecified atom stereocenters. The molecule has 0 bridgehead atoms. The van der Waals surface area contributed by atoms with Gasteiger partial charge in [0.15, 0.2) is 11.6 Å². The Morgan fingerprint density at radius 1 is 1.38 bits per heavy atom. The molecule has 1 atom stereocenters. The zero-order valence-corrected chi connectivity index (χ0v) is 14.6. The Kier molecular flexibility index (Phi) is 4.44. The molecule has 0 saturated carbocycles. The summed E-state index contributed by atoms with van der Waals surface area (Å²) in [7, 11) is 1.55. The summed E-state index contributed by atoms with van der Waals surface area (Å²) in [6.45, 7) is 3.28. The van der Waals surface area contributed by atoms with Crippen LogP contribution >= 0.6 is 0 Å². The molecule has 0 radical (unpaired) electrons. The van der Waals surface area contributed by atoms with Crippen LogP contribution in [-0.2, 0) is 16.1 Å². The summed E-state index contributed by atoms with van der Waals surface area (Å²) in [5.74, 6) is 0.892. The van der Waals surface area contributed by atoms with Gasteiger partial charge in [0.1, 0.15) is 18.2 Å². The smallest absolute Gasteiger partial charge is 0.290 e. The van der Waals surface area contributed by atoms with Crippen LogP contribution in [0.4, 0.5) is 0 Å². The molecule has 0 N–H and O–H groups in total. The second-order valence-corrected chi connectivity index (χ2v) is 6.12. The van der Waals surface area contributed by atoms with Gasteiger partial charge in [0.05, 0.1) is 13.2 Å². The molecule has 1 aliphatic heterocycles. The van der Waals surface area contributed by atoms with Crippen LogP contribution in [0.3, 0.4) is 0 Å². The SMILES string of the molecule is COCc1nc(C2COCCN2C(=O)c2oc3ccccc3c2C)no1. The van der Waals surface area contributed by atoms with Crippen LogP contribution in [0.1, 0.15) is 33.9 Å². The zero-order chi connectivity index (χ0) is 18.1. The van der Waals surface area contributed by atoms with Gasteiger partial charge in [0, 0.05) is 24.6 Å². The molecule has 136 valence electrons. The number of furan rings is 1. The molecule has 2 aromatic heterocycles. The average molecular weight is 357 g/mol. The molecule has 8 heteroatoms. The molecule has 8 nitrogen and oxygen atoms in total. The second-order valence-electron chi connectivity index (χ2n) is 6.12. The number of carbonyl (C=O) groups excluding carboxylic acids is 1. The van der Waals surface area contributed by atoms with Crippen molar-refractivity contribution in [2.45, 2.75) is 19.6 Å². The summed E-state index contributed by atoms with van der Waals surface area (Å²) >= 11 is 0. The number of rotatable bonds is 4. The molecule has 1 saturated heterocycles. The first kappa shape index (κ1) is 16.7. The number of amides is 1. The predicted molar refractivity (Wildman–Crippen MR) is 90.6 cm³/mol. The Labute approximate surface area is 149 Å². The van der Waals surface area contributed by atoms with Crippen molar-refractivity contribution < 1.29 is 23.2 Å². The van der Waals surface area contributed by atoms with E-state index in [9.17, 15) is 4.79 Å². The van der Waals surface area contributed by atoms with Gasteiger partial charge in [0.25, 0.3) is 11.8 Å². The highest BCUT2D eigenvalue weighted by molar-refractivity contribution is 5.99. The van der Waals surface area contributed by atoms with Gasteiger partial charge in [-0.3, -0.25) is 4.79 Å². The van der Waals surface area contributed by atoms with Gasteiger partial charge in [-0.25, -0.2) is 0 Å². The maximum Gasteiger partial charge on any atom is 0.290 e. The normalized spacial score (nSPS) is 17.8. The van der Waals surface area contributed by atoms with E-state index in [4.69, 9.17) is 18.4 Å². The highest BCUT2D eigenvalue weighted by atomic mass is 16.5. The summed E-state index contributed by atoms with van der Waals surface area (Å²) in [6.07, 6.45) is 0. The maximum absolute atomic E-state index is 13.2. The lowest BCUT2D eigenvalue weighted by Gasteiger charge is -2.33. The number of benzene rings is 1. The average Bonchev–Trinajstić information content (AvgIpc) is 3.27. The lowest BCUT2D eigenvalue weighted by molar-refractivity contribution is -0.00723. The van der Waals surface area contributed by atoms with E-state index in [1.54, 1.807) is 12.0 Å². The molecule has 0 spiro atoms. The van der Waals surface area contributed by atoms with Gasteiger partial charge < -0.3 is 23.3 Å². The maximum atomic E-state index is 13.2. The highest BCUT2D eigenvalue weighted by Crippen LogP contribution is 2.29. The monoisotopic (exact) mass is 357 g/mol. The minimum Gasteiger partial charge on any atom is -0.451 e. The standard InChI is InChI=1S/C18H19N3O5/c1-11-12-5-3-4-6-14(12)25-16(11)18(22)21-7-8-24-9-13(21)17-19-15(10-23-2)26-20-17/h3-6,13H,7-10H2,1-2H3. The Morgan fingerprint density at radius 2 is 2.23 bits per heavy atom. The molecular weight excluding hydrogens is 338 g/mol. The van der Waals surface area contributed by atoms with Gasteiger partial charge in [-0.05, 0) is 13.0 Å². The molecule has 1 aliphatic rings. The lowest BCUT2D eigenvalue weighted by Crippen LogP contribution is -2.44. The summed E-state index contributed by atoms with van der Waals surface area (Å²) in [4.78, 5) is 19.2. The molecule has 3 aromatic rings. The van der Waals surface area contributed by atoms with E-state index >= 15 is 0 Å². The van der Waals surface area contributed by atoms with Crippen molar-refractivity contribution in [2.75, 3.05) is 26.9 Å². The summed E-state index contributed by atoms with van der Waals surface area (Å²) < 4.78 is 21.5. The number of ether oxygens (including phenoxy) is 2. The molecular formula is C18H19N3O5. The molecule has 0 aliphatic carbocycles. The van der Waals surface area contributed by atoms with E-state index in [1.807, 2.05) is 31.2 Å². The first-order valence-corrected chi connectivity index (χ1v) is 8.37. The Hall–Kier alpha value is -2.71. The summed E-state index contributed by atoms with van der Waals surface area (Å²) in [5, 5.41) is 4.91. The van der Waals surface area contributed by atoms with E-state index in [2.05, 4.69) is 10.1 Å². The summed E-state index contributed by atoms with van der Waals surface area (Å²) in [6, 6.07) is 7.17. The first-order chi connectivity index (χ1) is 12.7.